The monoisotopic (exact) mass is 229 g/mol. The van der Waals surface area contributed by atoms with Gasteiger partial charge in [-0.15, -0.1) is 0 Å². The zero-order valence-corrected chi connectivity index (χ0v) is 10.8. The molecular weight excluding hydrogens is 202 g/mol. The maximum atomic E-state index is 5.81. The Morgan fingerprint density at radius 2 is 2.00 bits per heavy atom. The summed E-state index contributed by atoms with van der Waals surface area (Å²) >= 11 is 0. The SMILES string of the molecule is CC(C)CCOCCOC1CCCC1CN. The maximum Gasteiger partial charge on any atom is 0.0704 e. The molecule has 96 valence electrons. The zero-order chi connectivity index (χ0) is 11.8. The van der Waals surface area contributed by atoms with Crippen molar-refractivity contribution in [1.29, 1.82) is 0 Å². The number of nitrogens with two attached hydrogens (primary N) is 1. The Balaban J connectivity index is 1.94. The van der Waals surface area contributed by atoms with Gasteiger partial charge in [-0.2, -0.15) is 0 Å². The molecule has 3 nitrogen and oxygen atoms in total. The third kappa shape index (κ3) is 5.28. The molecular formula is C13H27NO2. The van der Waals surface area contributed by atoms with Gasteiger partial charge in [-0.05, 0) is 37.6 Å². The molecule has 0 amide bonds. The average molecular weight is 229 g/mol. The third-order valence-electron chi connectivity index (χ3n) is 3.29. The second-order valence-electron chi connectivity index (χ2n) is 5.13. The van der Waals surface area contributed by atoms with E-state index >= 15 is 0 Å². The standard InChI is InChI=1S/C13H27NO2/c1-11(2)6-7-15-8-9-16-13-5-3-4-12(13)10-14/h11-13H,3-10,14H2,1-2H3. The summed E-state index contributed by atoms with van der Waals surface area (Å²) in [5.74, 6) is 1.30. The van der Waals surface area contributed by atoms with E-state index in [1.54, 1.807) is 0 Å². The van der Waals surface area contributed by atoms with Gasteiger partial charge in [0.15, 0.2) is 0 Å². The first-order valence-electron chi connectivity index (χ1n) is 6.63. The van der Waals surface area contributed by atoms with Crippen LogP contribution in [0.5, 0.6) is 0 Å². The zero-order valence-electron chi connectivity index (χ0n) is 10.8. The molecule has 0 aromatic carbocycles. The van der Waals surface area contributed by atoms with E-state index < -0.39 is 0 Å². The van der Waals surface area contributed by atoms with E-state index in [0.717, 1.165) is 38.7 Å². The van der Waals surface area contributed by atoms with E-state index in [9.17, 15) is 0 Å². The first kappa shape index (κ1) is 13.9. The van der Waals surface area contributed by atoms with Crippen LogP contribution in [0.3, 0.4) is 0 Å². The van der Waals surface area contributed by atoms with Crippen molar-refractivity contribution in [2.75, 3.05) is 26.4 Å². The average Bonchev–Trinajstić information content (AvgIpc) is 2.70. The molecule has 2 atom stereocenters. The van der Waals surface area contributed by atoms with E-state index in [1.165, 1.54) is 19.3 Å². The first-order valence-corrected chi connectivity index (χ1v) is 6.63. The minimum atomic E-state index is 0.388. The lowest BCUT2D eigenvalue weighted by Crippen LogP contribution is -2.26. The molecule has 1 aliphatic carbocycles. The summed E-state index contributed by atoms with van der Waals surface area (Å²) in [5.41, 5.74) is 5.70. The predicted molar refractivity (Wildman–Crippen MR) is 66.4 cm³/mol. The summed E-state index contributed by atoms with van der Waals surface area (Å²) in [6, 6.07) is 0. The lowest BCUT2D eigenvalue weighted by molar-refractivity contribution is -0.0109. The number of ether oxygens (including phenoxy) is 2. The van der Waals surface area contributed by atoms with Crippen LogP contribution in [-0.2, 0) is 9.47 Å². The van der Waals surface area contributed by atoms with E-state index in [4.69, 9.17) is 15.2 Å². The Kier molecular flexibility index (Phi) is 7.01. The molecule has 2 N–H and O–H groups in total. The summed E-state index contributed by atoms with van der Waals surface area (Å²) in [6.07, 6.45) is 5.19. The lowest BCUT2D eigenvalue weighted by Gasteiger charge is -2.18. The topological polar surface area (TPSA) is 44.5 Å². The van der Waals surface area contributed by atoms with Crippen molar-refractivity contribution < 1.29 is 9.47 Å². The Hall–Kier alpha value is -0.120. The Bertz CT molecular complexity index is 173. The quantitative estimate of drug-likeness (QED) is 0.649. The van der Waals surface area contributed by atoms with Crippen LogP contribution in [0.1, 0.15) is 39.5 Å². The molecule has 0 aromatic rings. The normalized spacial score (nSPS) is 25.5. The fourth-order valence-corrected chi connectivity index (χ4v) is 2.17. The molecule has 0 saturated heterocycles. The fraction of sp³-hybridized carbons (Fsp3) is 1.00. The largest absolute Gasteiger partial charge is 0.379 e. The second kappa shape index (κ2) is 8.04. The highest BCUT2D eigenvalue weighted by molar-refractivity contribution is 4.78. The molecule has 2 unspecified atom stereocenters. The van der Waals surface area contributed by atoms with Gasteiger partial charge in [0, 0.05) is 6.61 Å². The highest BCUT2D eigenvalue weighted by atomic mass is 16.5. The van der Waals surface area contributed by atoms with Gasteiger partial charge in [-0.3, -0.25) is 0 Å². The third-order valence-corrected chi connectivity index (χ3v) is 3.29. The van der Waals surface area contributed by atoms with Crippen LogP contribution in [0.2, 0.25) is 0 Å². The van der Waals surface area contributed by atoms with Gasteiger partial charge < -0.3 is 15.2 Å². The second-order valence-corrected chi connectivity index (χ2v) is 5.13. The van der Waals surface area contributed by atoms with Crippen LogP contribution in [0.25, 0.3) is 0 Å². The Labute approximate surface area is 99.7 Å². The van der Waals surface area contributed by atoms with Crippen molar-refractivity contribution in [3.8, 4) is 0 Å². The summed E-state index contributed by atoms with van der Waals surface area (Å²) in [6.45, 7) is 7.49. The van der Waals surface area contributed by atoms with Crippen molar-refractivity contribution in [2.24, 2.45) is 17.6 Å². The van der Waals surface area contributed by atoms with Crippen LogP contribution in [-0.4, -0.2) is 32.5 Å². The maximum absolute atomic E-state index is 5.81. The number of hydrogen-bond donors (Lipinski definition) is 1. The van der Waals surface area contributed by atoms with Crippen LogP contribution < -0.4 is 5.73 Å². The predicted octanol–water partition coefficient (Wildman–Crippen LogP) is 2.19. The van der Waals surface area contributed by atoms with E-state index in [-0.39, 0.29) is 0 Å². The molecule has 1 rings (SSSR count). The van der Waals surface area contributed by atoms with Crippen LogP contribution in [0, 0.1) is 11.8 Å². The highest BCUT2D eigenvalue weighted by Crippen LogP contribution is 2.27. The van der Waals surface area contributed by atoms with Crippen molar-refractivity contribution in [2.45, 2.75) is 45.6 Å². The molecule has 0 spiro atoms. The Morgan fingerprint density at radius 1 is 1.19 bits per heavy atom. The van der Waals surface area contributed by atoms with Gasteiger partial charge in [0.05, 0.1) is 19.3 Å². The van der Waals surface area contributed by atoms with Gasteiger partial charge in [-0.1, -0.05) is 20.3 Å². The highest BCUT2D eigenvalue weighted by Gasteiger charge is 2.26. The smallest absolute Gasteiger partial charge is 0.0704 e. The molecule has 16 heavy (non-hydrogen) atoms. The van der Waals surface area contributed by atoms with Gasteiger partial charge in [0.25, 0.3) is 0 Å². The van der Waals surface area contributed by atoms with Crippen molar-refractivity contribution in [3.05, 3.63) is 0 Å². The summed E-state index contributed by atoms with van der Waals surface area (Å²) < 4.78 is 11.3. The molecule has 0 radical (unpaired) electrons. The molecule has 0 heterocycles. The number of hydrogen-bond acceptors (Lipinski definition) is 3. The molecule has 1 aliphatic rings. The van der Waals surface area contributed by atoms with Gasteiger partial charge in [-0.25, -0.2) is 0 Å². The summed E-state index contributed by atoms with van der Waals surface area (Å²) in [7, 11) is 0. The molecule has 3 heteroatoms. The van der Waals surface area contributed by atoms with Gasteiger partial charge in [0.2, 0.25) is 0 Å². The van der Waals surface area contributed by atoms with Crippen molar-refractivity contribution in [1.82, 2.24) is 0 Å². The molecule has 1 fully saturated rings. The first-order chi connectivity index (χ1) is 7.74. The van der Waals surface area contributed by atoms with Crippen LogP contribution in [0.15, 0.2) is 0 Å². The summed E-state index contributed by atoms with van der Waals surface area (Å²) in [5, 5.41) is 0. The molecule has 1 saturated carbocycles. The molecule has 0 aliphatic heterocycles. The molecule has 0 bridgehead atoms. The van der Waals surface area contributed by atoms with Crippen molar-refractivity contribution in [3.63, 3.8) is 0 Å². The summed E-state index contributed by atoms with van der Waals surface area (Å²) in [4.78, 5) is 0. The lowest BCUT2D eigenvalue weighted by atomic mass is 10.1. The van der Waals surface area contributed by atoms with Crippen LogP contribution >= 0.6 is 0 Å². The Morgan fingerprint density at radius 3 is 2.69 bits per heavy atom. The fourth-order valence-electron chi connectivity index (χ4n) is 2.17. The van der Waals surface area contributed by atoms with E-state index in [2.05, 4.69) is 13.8 Å². The van der Waals surface area contributed by atoms with Crippen LogP contribution in [0.4, 0.5) is 0 Å². The van der Waals surface area contributed by atoms with Gasteiger partial charge >= 0.3 is 0 Å². The minimum Gasteiger partial charge on any atom is -0.379 e. The van der Waals surface area contributed by atoms with E-state index in [0.29, 0.717) is 12.0 Å². The van der Waals surface area contributed by atoms with E-state index in [1.807, 2.05) is 0 Å². The minimum absolute atomic E-state index is 0.388. The molecule has 0 aromatic heterocycles. The van der Waals surface area contributed by atoms with Gasteiger partial charge in [0.1, 0.15) is 0 Å². The number of rotatable bonds is 8. The van der Waals surface area contributed by atoms with Crippen molar-refractivity contribution >= 4 is 0 Å².